The third kappa shape index (κ3) is 14.1. The van der Waals surface area contributed by atoms with Crippen molar-refractivity contribution in [3.63, 3.8) is 0 Å². The second-order valence-corrected chi connectivity index (χ2v) is 6.26. The van der Waals surface area contributed by atoms with E-state index >= 15 is 0 Å². The molecule has 2 unspecified atom stereocenters. The van der Waals surface area contributed by atoms with Crippen LogP contribution in [0.15, 0.2) is 0 Å². The van der Waals surface area contributed by atoms with Gasteiger partial charge in [-0.25, -0.2) is 4.79 Å². The van der Waals surface area contributed by atoms with Crippen molar-refractivity contribution in [2.75, 3.05) is 14.2 Å². The third-order valence-electron chi connectivity index (χ3n) is 3.75. The molecule has 4 atom stereocenters. The lowest BCUT2D eigenvalue weighted by atomic mass is 10.1. The molecule has 0 aliphatic carbocycles. The van der Waals surface area contributed by atoms with Gasteiger partial charge in [-0.3, -0.25) is 9.59 Å². The number of ether oxygens (including phenoxy) is 2. The molecule has 0 aromatic carbocycles. The minimum atomic E-state index is -0.974. The lowest BCUT2D eigenvalue weighted by Crippen LogP contribution is -2.48. The van der Waals surface area contributed by atoms with Crippen molar-refractivity contribution in [3.8, 4) is 0 Å². The molecule has 0 rings (SSSR count). The van der Waals surface area contributed by atoms with E-state index in [0.717, 1.165) is 19.3 Å². The highest BCUT2D eigenvalue weighted by molar-refractivity contribution is 5.84. The van der Waals surface area contributed by atoms with Crippen molar-refractivity contribution in [1.82, 2.24) is 5.32 Å². The first kappa shape index (κ1) is 27.5. The minimum Gasteiger partial charge on any atom is -0.468 e. The first-order valence-electron chi connectivity index (χ1n) is 9.18. The van der Waals surface area contributed by atoms with Gasteiger partial charge < -0.3 is 30.7 Å². The van der Waals surface area contributed by atoms with Crippen LogP contribution in [0.5, 0.6) is 0 Å². The van der Waals surface area contributed by atoms with Gasteiger partial charge in [0.25, 0.3) is 0 Å². The molecule has 0 aromatic rings. The molecule has 0 heterocycles. The highest BCUT2D eigenvalue weighted by Gasteiger charge is 2.25. The first-order chi connectivity index (χ1) is 12.6. The fourth-order valence-electron chi connectivity index (χ4n) is 1.97. The van der Waals surface area contributed by atoms with Gasteiger partial charge in [0.05, 0.1) is 26.4 Å². The Kier molecular flexibility index (Phi) is 16.8. The van der Waals surface area contributed by atoms with Crippen LogP contribution < -0.4 is 11.1 Å². The number of amides is 1. The van der Waals surface area contributed by atoms with E-state index < -0.39 is 36.2 Å². The molecule has 0 aromatic heterocycles. The number of aliphatic hydroxyl groups excluding tert-OH is 2. The van der Waals surface area contributed by atoms with Gasteiger partial charge in [-0.2, -0.15) is 0 Å². The second kappa shape index (κ2) is 16.5. The van der Waals surface area contributed by atoms with E-state index in [0.29, 0.717) is 6.42 Å². The van der Waals surface area contributed by atoms with Gasteiger partial charge in [-0.05, 0) is 20.3 Å². The Morgan fingerprint density at radius 2 is 1.44 bits per heavy atom. The van der Waals surface area contributed by atoms with Crippen LogP contribution in [-0.2, 0) is 23.9 Å². The molecule has 9 nitrogen and oxygen atoms in total. The summed E-state index contributed by atoms with van der Waals surface area (Å²) < 4.78 is 8.77. The fourth-order valence-corrected chi connectivity index (χ4v) is 1.97. The van der Waals surface area contributed by atoms with E-state index in [1.807, 2.05) is 0 Å². The number of aliphatic hydroxyl groups is 2. The fraction of sp³-hybridized carbons (Fsp3) is 0.833. The van der Waals surface area contributed by atoms with Gasteiger partial charge in [-0.15, -0.1) is 0 Å². The van der Waals surface area contributed by atoms with Gasteiger partial charge in [0.1, 0.15) is 6.04 Å². The maximum Gasteiger partial charge on any atom is 0.331 e. The summed E-state index contributed by atoms with van der Waals surface area (Å²) in [6, 6.07) is -1.90. The quantitative estimate of drug-likeness (QED) is 0.289. The average molecular weight is 392 g/mol. The maximum absolute atomic E-state index is 11.6. The molecule has 160 valence electrons. The number of nitrogens with two attached hydrogens (primary N) is 1. The van der Waals surface area contributed by atoms with Crippen LogP contribution in [-0.4, -0.2) is 66.6 Å². The number of carbonyl (C=O) groups is 3. The first-order valence-corrected chi connectivity index (χ1v) is 9.18. The molecule has 9 heteroatoms. The van der Waals surface area contributed by atoms with E-state index in [4.69, 9.17) is 10.8 Å². The van der Waals surface area contributed by atoms with Gasteiger partial charge in [0.2, 0.25) is 5.91 Å². The van der Waals surface area contributed by atoms with Crippen LogP contribution in [0.3, 0.4) is 0 Å². The number of unbranched alkanes of at least 4 members (excludes halogenated alkanes) is 4. The molecular formula is C18H36N2O7. The molecule has 0 aliphatic heterocycles. The van der Waals surface area contributed by atoms with E-state index in [2.05, 4.69) is 21.7 Å². The molecule has 0 bridgehead atoms. The van der Waals surface area contributed by atoms with Gasteiger partial charge >= 0.3 is 11.9 Å². The third-order valence-corrected chi connectivity index (χ3v) is 3.75. The van der Waals surface area contributed by atoms with Crippen molar-refractivity contribution in [1.29, 1.82) is 0 Å². The van der Waals surface area contributed by atoms with Crippen molar-refractivity contribution in [2.45, 2.75) is 83.6 Å². The SMILES string of the molecule is CCCCCCCC(=O)N[C@H](C(=O)OC)C(C)O.COC(=O)[C@@H](N)C(C)O. The molecule has 0 saturated carbocycles. The Bertz CT molecular complexity index is 428. The van der Waals surface area contributed by atoms with Crippen molar-refractivity contribution >= 4 is 17.8 Å². The number of rotatable bonds is 11. The average Bonchev–Trinajstić information content (AvgIpc) is 2.64. The Morgan fingerprint density at radius 1 is 0.926 bits per heavy atom. The predicted molar refractivity (Wildman–Crippen MR) is 101 cm³/mol. The Morgan fingerprint density at radius 3 is 1.81 bits per heavy atom. The Hall–Kier alpha value is -1.71. The number of hydrogen-bond acceptors (Lipinski definition) is 8. The number of esters is 2. The van der Waals surface area contributed by atoms with E-state index in [1.54, 1.807) is 0 Å². The van der Waals surface area contributed by atoms with Crippen molar-refractivity contribution < 1.29 is 34.1 Å². The van der Waals surface area contributed by atoms with Crippen LogP contribution in [0.25, 0.3) is 0 Å². The zero-order valence-electron chi connectivity index (χ0n) is 17.1. The minimum absolute atomic E-state index is 0.220. The van der Waals surface area contributed by atoms with Gasteiger partial charge in [0.15, 0.2) is 6.04 Å². The number of methoxy groups -OCH3 is 2. The summed E-state index contributed by atoms with van der Waals surface area (Å²) in [5.74, 6) is -1.43. The summed E-state index contributed by atoms with van der Waals surface area (Å²) in [4.78, 5) is 33.3. The van der Waals surface area contributed by atoms with E-state index in [1.165, 1.54) is 40.9 Å². The highest BCUT2D eigenvalue weighted by Crippen LogP contribution is 2.05. The molecule has 0 aliphatic rings. The smallest absolute Gasteiger partial charge is 0.331 e. The lowest BCUT2D eigenvalue weighted by Gasteiger charge is -2.18. The maximum atomic E-state index is 11.6. The van der Waals surface area contributed by atoms with E-state index in [9.17, 15) is 19.5 Å². The molecular weight excluding hydrogens is 356 g/mol. The standard InChI is InChI=1S/C13H25NO4.C5H11NO3/c1-4-5-6-7-8-9-11(16)14-12(10(2)15)13(17)18-3;1-3(7)4(6)5(8)9-2/h10,12,15H,4-9H2,1-3H3,(H,14,16);3-4,7H,6H2,1-2H3/t10?,12-;3?,4-/m00/s1. The summed E-state index contributed by atoms with van der Waals surface area (Å²) in [5, 5.41) is 20.6. The number of carbonyl (C=O) groups excluding carboxylic acids is 3. The lowest BCUT2D eigenvalue weighted by molar-refractivity contribution is -0.148. The summed E-state index contributed by atoms with van der Waals surface area (Å²) in [6.07, 6.45) is 3.86. The van der Waals surface area contributed by atoms with Crippen LogP contribution >= 0.6 is 0 Å². The zero-order chi connectivity index (χ0) is 21.4. The van der Waals surface area contributed by atoms with Crippen LogP contribution in [0, 0.1) is 0 Å². The summed E-state index contributed by atoms with van der Waals surface area (Å²) in [5.41, 5.74) is 5.15. The van der Waals surface area contributed by atoms with E-state index in [-0.39, 0.29) is 5.91 Å². The summed E-state index contributed by atoms with van der Waals surface area (Å²) in [6.45, 7) is 5.01. The Labute approximate surface area is 161 Å². The topological polar surface area (TPSA) is 148 Å². The van der Waals surface area contributed by atoms with Crippen LogP contribution in [0.2, 0.25) is 0 Å². The molecule has 0 radical (unpaired) electrons. The molecule has 1 amide bonds. The summed E-state index contributed by atoms with van der Waals surface area (Å²) in [7, 11) is 2.46. The largest absolute Gasteiger partial charge is 0.468 e. The molecule has 0 saturated heterocycles. The number of nitrogens with one attached hydrogen (secondary N) is 1. The molecule has 0 fully saturated rings. The second-order valence-electron chi connectivity index (χ2n) is 6.26. The molecule has 0 spiro atoms. The predicted octanol–water partition coefficient (Wildman–Crippen LogP) is 0.253. The van der Waals surface area contributed by atoms with Crippen LogP contribution in [0.4, 0.5) is 0 Å². The number of hydrogen-bond donors (Lipinski definition) is 4. The molecule has 27 heavy (non-hydrogen) atoms. The zero-order valence-corrected chi connectivity index (χ0v) is 17.1. The van der Waals surface area contributed by atoms with Gasteiger partial charge in [-0.1, -0.05) is 32.6 Å². The van der Waals surface area contributed by atoms with Crippen molar-refractivity contribution in [3.05, 3.63) is 0 Å². The van der Waals surface area contributed by atoms with Gasteiger partial charge in [0, 0.05) is 6.42 Å². The van der Waals surface area contributed by atoms with Crippen molar-refractivity contribution in [2.24, 2.45) is 5.73 Å². The Balaban J connectivity index is 0. The normalized spacial score (nSPS) is 14.7. The highest BCUT2D eigenvalue weighted by atomic mass is 16.5. The molecule has 5 N–H and O–H groups in total. The van der Waals surface area contributed by atoms with Crippen LogP contribution in [0.1, 0.15) is 59.3 Å². The monoisotopic (exact) mass is 392 g/mol. The summed E-state index contributed by atoms with van der Waals surface area (Å²) >= 11 is 0.